The van der Waals surface area contributed by atoms with Gasteiger partial charge in [0.1, 0.15) is 25.1 Å². The molecule has 16 heteroatoms. The molecule has 0 aliphatic heterocycles. The molecule has 2 N–H and O–H groups in total. The Bertz CT molecular complexity index is 453. The first-order chi connectivity index (χ1) is 16.2. The lowest BCUT2D eigenvalue weighted by molar-refractivity contribution is -0.293. The minimum atomic E-state index is -0.322. The number of hydrogen-bond donors (Lipinski definition) is 2. The Hall–Kier alpha value is 0.800. The number of hydrogen-bond acceptors (Lipinski definition) is 16. The molecule has 0 aliphatic rings. The van der Waals surface area contributed by atoms with Gasteiger partial charge in [0, 0.05) is 26.8 Å². The Labute approximate surface area is 220 Å². The fraction of sp³-hybridized carbons (Fsp3) is 0.882. The van der Waals surface area contributed by atoms with E-state index in [1.54, 1.807) is 23.5 Å². The van der Waals surface area contributed by atoms with Crippen molar-refractivity contribution in [1.29, 1.82) is 0 Å². The van der Waals surface area contributed by atoms with Gasteiger partial charge < -0.3 is 19.7 Å². The molecule has 33 heavy (non-hydrogen) atoms. The van der Waals surface area contributed by atoms with E-state index < -0.39 is 0 Å². The first-order valence-corrected chi connectivity index (χ1v) is 16.6. The summed E-state index contributed by atoms with van der Waals surface area (Å²) in [5.41, 5.74) is 0. The Morgan fingerprint density at radius 1 is 0.545 bits per heavy atom. The van der Waals surface area contributed by atoms with Crippen molar-refractivity contribution in [3.63, 3.8) is 0 Å². The minimum absolute atomic E-state index is 0.0419. The molecule has 0 fully saturated rings. The molecule has 0 rings (SSSR count). The van der Waals surface area contributed by atoms with Crippen LogP contribution in [0.1, 0.15) is 0 Å². The maximum atomic E-state index is 11.6. The van der Waals surface area contributed by atoms with Crippen LogP contribution in [-0.2, 0) is 38.6 Å². The lowest BCUT2D eigenvalue weighted by Crippen LogP contribution is -2.10. The van der Waals surface area contributed by atoms with Crippen LogP contribution in [0.15, 0.2) is 0 Å². The molecule has 0 amide bonds. The number of ether oxygens (including phenoxy) is 2. The van der Waals surface area contributed by atoms with Crippen molar-refractivity contribution < 1.29 is 48.8 Å². The molecule has 0 aliphatic carbocycles. The van der Waals surface area contributed by atoms with E-state index in [2.05, 4.69) is 4.89 Å². The quantitative estimate of drug-likeness (QED) is 0.0502. The van der Waals surface area contributed by atoms with Crippen LogP contribution < -0.4 is 0 Å². The van der Waals surface area contributed by atoms with Crippen LogP contribution in [0.4, 0.5) is 0 Å². The van der Waals surface area contributed by atoms with Crippen molar-refractivity contribution in [2.45, 2.75) is 0 Å². The van der Waals surface area contributed by atoms with E-state index >= 15 is 0 Å². The molecular formula is C17H32O10S6. The van der Waals surface area contributed by atoms with Gasteiger partial charge in [-0.3, -0.25) is 9.59 Å². The van der Waals surface area contributed by atoms with Gasteiger partial charge >= 0.3 is 11.9 Å². The molecule has 0 aromatic heterocycles. The Kier molecular flexibility index (Phi) is 29.7. The average molecular weight is 589 g/mol. The van der Waals surface area contributed by atoms with Gasteiger partial charge in [0.25, 0.3) is 0 Å². The van der Waals surface area contributed by atoms with Crippen LogP contribution in [0.3, 0.4) is 0 Å². The number of thioether (sulfide) groups is 6. The number of aliphatic hydroxyl groups is 2. The highest BCUT2D eigenvalue weighted by molar-refractivity contribution is 8.16. The van der Waals surface area contributed by atoms with Gasteiger partial charge in [-0.2, -0.15) is 0 Å². The third-order valence-corrected chi connectivity index (χ3v) is 9.03. The van der Waals surface area contributed by atoms with Gasteiger partial charge in [-0.05, 0) is 0 Å². The molecule has 0 bridgehead atoms. The second-order valence-corrected chi connectivity index (χ2v) is 12.4. The van der Waals surface area contributed by atoms with E-state index in [9.17, 15) is 9.59 Å². The summed E-state index contributed by atoms with van der Waals surface area (Å²) in [6.07, 6.45) is 0. The summed E-state index contributed by atoms with van der Waals surface area (Å²) in [4.78, 5) is 42.4. The van der Waals surface area contributed by atoms with Crippen molar-refractivity contribution >= 4 is 82.5 Å². The third-order valence-electron chi connectivity index (χ3n) is 2.69. The molecule has 0 radical (unpaired) electrons. The molecule has 0 saturated heterocycles. The lowest BCUT2D eigenvalue weighted by Gasteiger charge is -2.06. The van der Waals surface area contributed by atoms with Gasteiger partial charge in [-0.1, -0.05) is 0 Å². The summed E-state index contributed by atoms with van der Waals surface area (Å²) in [5.74, 6) is 2.20. The SMILES string of the molecule is O=C(CSCSCCOOCSCSCOC(=O)CSCSCCOOCCO)OCCO. The van der Waals surface area contributed by atoms with Gasteiger partial charge in [0.15, 0.2) is 0 Å². The summed E-state index contributed by atoms with van der Waals surface area (Å²) in [7, 11) is 0. The monoisotopic (exact) mass is 588 g/mol. The molecule has 0 atom stereocenters. The van der Waals surface area contributed by atoms with Crippen LogP contribution in [0.25, 0.3) is 0 Å². The lowest BCUT2D eigenvalue weighted by atomic mass is 10.7. The maximum Gasteiger partial charge on any atom is 0.316 e. The van der Waals surface area contributed by atoms with Crippen molar-refractivity contribution in [3.05, 3.63) is 0 Å². The van der Waals surface area contributed by atoms with Crippen LogP contribution in [0.2, 0.25) is 0 Å². The van der Waals surface area contributed by atoms with E-state index in [4.69, 9.17) is 34.3 Å². The van der Waals surface area contributed by atoms with Gasteiger partial charge in [0.05, 0.1) is 37.9 Å². The highest BCUT2D eigenvalue weighted by Crippen LogP contribution is 2.15. The van der Waals surface area contributed by atoms with E-state index in [0.29, 0.717) is 30.8 Å². The Morgan fingerprint density at radius 3 is 1.70 bits per heavy atom. The van der Waals surface area contributed by atoms with E-state index in [0.717, 1.165) is 26.8 Å². The molecule has 0 spiro atoms. The number of esters is 2. The summed E-state index contributed by atoms with van der Waals surface area (Å²) < 4.78 is 9.88. The largest absolute Gasteiger partial charge is 0.463 e. The number of carbonyl (C=O) groups is 2. The normalized spacial score (nSPS) is 11.0. The molecule has 0 aromatic carbocycles. The van der Waals surface area contributed by atoms with Crippen LogP contribution in [-0.4, -0.2) is 112 Å². The highest BCUT2D eigenvalue weighted by Gasteiger charge is 2.04. The van der Waals surface area contributed by atoms with E-state index in [1.807, 2.05) is 0 Å². The van der Waals surface area contributed by atoms with Gasteiger partial charge in [0.2, 0.25) is 0 Å². The predicted molar refractivity (Wildman–Crippen MR) is 140 cm³/mol. The second kappa shape index (κ2) is 29.0. The smallest absolute Gasteiger partial charge is 0.316 e. The predicted octanol–water partition coefficient (Wildman–Crippen LogP) is 2.14. The highest BCUT2D eigenvalue weighted by atomic mass is 32.2. The van der Waals surface area contributed by atoms with E-state index in [1.165, 1.54) is 47.0 Å². The van der Waals surface area contributed by atoms with Gasteiger partial charge in [-0.15, -0.1) is 70.6 Å². The van der Waals surface area contributed by atoms with Crippen LogP contribution in [0.5, 0.6) is 0 Å². The third kappa shape index (κ3) is 28.9. The fourth-order valence-electron chi connectivity index (χ4n) is 1.43. The molecule has 196 valence electrons. The Morgan fingerprint density at radius 2 is 1.06 bits per heavy atom. The first kappa shape index (κ1) is 33.8. The first-order valence-electron chi connectivity index (χ1n) is 9.69. The summed E-state index contributed by atoms with van der Waals surface area (Å²) in [6, 6.07) is 0. The zero-order valence-electron chi connectivity index (χ0n) is 18.2. The number of aliphatic hydroxyl groups excluding tert-OH is 2. The van der Waals surface area contributed by atoms with Crippen LogP contribution in [0, 0.1) is 0 Å². The van der Waals surface area contributed by atoms with Crippen molar-refractivity contribution in [1.82, 2.24) is 0 Å². The second-order valence-electron chi connectivity index (χ2n) is 5.28. The van der Waals surface area contributed by atoms with Gasteiger partial charge in [-0.25, -0.2) is 19.6 Å². The molecule has 0 aromatic rings. The van der Waals surface area contributed by atoms with Crippen molar-refractivity contribution in [2.24, 2.45) is 0 Å². The standard InChI is InChI=1S/C17H32O10S6/c18-1-3-22-16(20)9-30-13-29-8-6-26-27-12-33-15-32-11-23-17(21)10-31-14-28-7-5-25-24-4-2-19/h18-19H,1-15H2. The zero-order chi connectivity index (χ0) is 24.2. The summed E-state index contributed by atoms with van der Waals surface area (Å²) >= 11 is 9.21. The van der Waals surface area contributed by atoms with E-state index in [-0.39, 0.29) is 44.1 Å². The van der Waals surface area contributed by atoms with Crippen LogP contribution >= 0.6 is 70.6 Å². The minimum Gasteiger partial charge on any atom is -0.463 e. The number of carbonyl (C=O) groups excluding carboxylic acids is 2. The maximum absolute atomic E-state index is 11.6. The molecule has 0 saturated carbocycles. The average Bonchev–Trinajstić information content (AvgIpc) is 2.81. The summed E-state index contributed by atoms with van der Waals surface area (Å²) in [5, 5.41) is 19.3. The molecule has 0 heterocycles. The number of rotatable bonds is 26. The molecular weight excluding hydrogens is 557 g/mol. The zero-order valence-corrected chi connectivity index (χ0v) is 23.1. The van der Waals surface area contributed by atoms with Crippen molar-refractivity contribution in [3.8, 4) is 0 Å². The molecule has 10 nitrogen and oxygen atoms in total. The fourth-order valence-corrected chi connectivity index (χ4v) is 6.22. The van der Waals surface area contributed by atoms with Crippen molar-refractivity contribution in [2.75, 3.05) is 89.8 Å². The Balaban J connectivity index is 3.18. The topological polar surface area (TPSA) is 130 Å². The molecule has 0 unspecified atom stereocenters. The summed E-state index contributed by atoms with van der Waals surface area (Å²) in [6.45, 7) is 0.865.